The highest BCUT2D eigenvalue weighted by Gasteiger charge is 2.29. The molecule has 1 aliphatic rings. The van der Waals surface area contributed by atoms with Crippen LogP contribution in [0.3, 0.4) is 0 Å². The van der Waals surface area contributed by atoms with Crippen molar-refractivity contribution >= 4 is 17.7 Å². The summed E-state index contributed by atoms with van der Waals surface area (Å²) in [5, 5.41) is 3.43. The van der Waals surface area contributed by atoms with Crippen molar-refractivity contribution in [2.75, 3.05) is 12.4 Å². The molecule has 3 nitrogen and oxygen atoms in total. The molecular formula is C18H18N2O. The number of carbonyl (C=O) groups is 1. The van der Waals surface area contributed by atoms with Crippen molar-refractivity contribution in [3.05, 3.63) is 71.3 Å². The Morgan fingerprint density at radius 1 is 1.10 bits per heavy atom. The van der Waals surface area contributed by atoms with Crippen molar-refractivity contribution in [3.63, 3.8) is 0 Å². The summed E-state index contributed by atoms with van der Waals surface area (Å²) >= 11 is 0. The minimum atomic E-state index is -0.118. The lowest BCUT2D eigenvalue weighted by molar-refractivity contribution is 0.0757. The zero-order chi connectivity index (χ0) is 14.8. The lowest BCUT2D eigenvalue weighted by Crippen LogP contribution is -2.46. The molecule has 0 saturated carbocycles. The third-order valence-corrected chi connectivity index (χ3v) is 3.78. The van der Waals surface area contributed by atoms with Gasteiger partial charge in [0, 0.05) is 12.7 Å². The maximum atomic E-state index is 12.4. The second kappa shape index (κ2) is 5.44. The highest BCUT2D eigenvalue weighted by Crippen LogP contribution is 2.27. The van der Waals surface area contributed by atoms with Gasteiger partial charge in [0.2, 0.25) is 0 Å². The van der Waals surface area contributed by atoms with Crippen molar-refractivity contribution in [3.8, 4) is 0 Å². The molecule has 0 aliphatic carbocycles. The Kier molecular flexibility index (Phi) is 3.48. The number of fused-ring (bicyclic) bond motifs is 1. The third kappa shape index (κ3) is 2.55. The molecule has 0 saturated heterocycles. The van der Waals surface area contributed by atoms with E-state index in [4.69, 9.17) is 0 Å². The van der Waals surface area contributed by atoms with Gasteiger partial charge in [-0.25, -0.2) is 0 Å². The van der Waals surface area contributed by atoms with Gasteiger partial charge >= 0.3 is 0 Å². The highest BCUT2D eigenvalue weighted by molar-refractivity contribution is 6.01. The van der Waals surface area contributed by atoms with Gasteiger partial charge in [0.25, 0.3) is 5.91 Å². The Morgan fingerprint density at radius 3 is 2.52 bits per heavy atom. The van der Waals surface area contributed by atoms with E-state index in [1.165, 1.54) is 0 Å². The predicted octanol–water partition coefficient (Wildman–Crippen LogP) is 3.61. The average molecular weight is 278 g/mol. The number of benzene rings is 2. The Bertz CT molecular complexity index is 691. The van der Waals surface area contributed by atoms with Crippen LogP contribution in [0.4, 0.5) is 5.69 Å². The molecule has 0 aromatic heterocycles. The minimum absolute atomic E-state index is 0.0511. The number of carbonyl (C=O) groups excluding carboxylic acids is 1. The Hall–Kier alpha value is -2.55. The molecule has 2 aromatic carbocycles. The van der Waals surface area contributed by atoms with Gasteiger partial charge in [-0.2, -0.15) is 0 Å². The van der Waals surface area contributed by atoms with Crippen LogP contribution in [0.5, 0.6) is 0 Å². The smallest absolute Gasteiger partial charge is 0.257 e. The fourth-order valence-electron chi connectivity index (χ4n) is 2.66. The first-order valence-corrected chi connectivity index (χ1v) is 7.03. The van der Waals surface area contributed by atoms with Crippen LogP contribution < -0.4 is 5.32 Å². The molecule has 3 heteroatoms. The van der Waals surface area contributed by atoms with Crippen molar-refractivity contribution < 1.29 is 4.79 Å². The van der Waals surface area contributed by atoms with Crippen LogP contribution in [0, 0.1) is 0 Å². The van der Waals surface area contributed by atoms with E-state index in [9.17, 15) is 4.79 Å². The van der Waals surface area contributed by atoms with E-state index in [2.05, 4.69) is 23.5 Å². The number of hydrogen-bond donors (Lipinski definition) is 1. The van der Waals surface area contributed by atoms with E-state index < -0.39 is 0 Å². The van der Waals surface area contributed by atoms with E-state index in [0.29, 0.717) is 0 Å². The van der Waals surface area contributed by atoms with Gasteiger partial charge in [0.15, 0.2) is 0 Å². The van der Waals surface area contributed by atoms with Gasteiger partial charge in [0.1, 0.15) is 6.17 Å². The molecule has 0 bridgehead atoms. The summed E-state index contributed by atoms with van der Waals surface area (Å²) < 4.78 is 0. The fraction of sp³-hybridized carbons (Fsp3) is 0.167. The average Bonchev–Trinajstić information content (AvgIpc) is 2.52. The summed E-state index contributed by atoms with van der Waals surface area (Å²) in [5.74, 6) is 0.0511. The number of likely N-dealkylation sites (N-methyl/N-ethyl adjacent to an activating group) is 1. The molecule has 0 spiro atoms. The Labute approximate surface area is 124 Å². The summed E-state index contributed by atoms with van der Waals surface area (Å²) in [4.78, 5) is 14.2. The zero-order valence-corrected chi connectivity index (χ0v) is 12.2. The van der Waals surface area contributed by atoms with Gasteiger partial charge in [-0.1, -0.05) is 48.5 Å². The molecule has 1 aliphatic heterocycles. The SMILES string of the molecule is CC(=Cc1ccccc1)C1Nc2ccccc2C(=O)N1C. The summed E-state index contributed by atoms with van der Waals surface area (Å²) in [6.07, 6.45) is 1.99. The van der Waals surface area contributed by atoms with Crippen LogP contribution in [-0.4, -0.2) is 24.0 Å². The standard InChI is InChI=1S/C18H18N2O/c1-13(12-14-8-4-3-5-9-14)17-19-16-11-7-6-10-15(16)18(21)20(17)2/h3-12,17,19H,1-2H3. The molecule has 1 atom stereocenters. The monoisotopic (exact) mass is 278 g/mol. The largest absolute Gasteiger partial charge is 0.361 e. The summed E-state index contributed by atoms with van der Waals surface area (Å²) in [5.41, 5.74) is 3.86. The maximum absolute atomic E-state index is 12.4. The number of para-hydroxylation sites is 1. The first-order chi connectivity index (χ1) is 10.2. The lowest BCUT2D eigenvalue weighted by Gasteiger charge is -2.36. The second-order valence-corrected chi connectivity index (χ2v) is 5.31. The second-order valence-electron chi connectivity index (χ2n) is 5.31. The van der Waals surface area contributed by atoms with Crippen LogP contribution in [0.1, 0.15) is 22.8 Å². The molecule has 0 fully saturated rings. The predicted molar refractivity (Wildman–Crippen MR) is 86.0 cm³/mol. The van der Waals surface area contributed by atoms with Gasteiger partial charge in [0.05, 0.1) is 5.56 Å². The van der Waals surface area contributed by atoms with E-state index in [1.54, 1.807) is 4.90 Å². The third-order valence-electron chi connectivity index (χ3n) is 3.78. The molecule has 0 radical (unpaired) electrons. The number of rotatable bonds is 2. The molecule has 1 heterocycles. The summed E-state index contributed by atoms with van der Waals surface area (Å²) in [6, 6.07) is 17.8. The number of nitrogens with zero attached hydrogens (tertiary/aromatic N) is 1. The van der Waals surface area contributed by atoms with Gasteiger partial charge < -0.3 is 10.2 Å². The highest BCUT2D eigenvalue weighted by atomic mass is 16.2. The van der Waals surface area contributed by atoms with E-state index >= 15 is 0 Å². The van der Waals surface area contributed by atoms with Crippen LogP contribution in [0.15, 0.2) is 60.2 Å². The van der Waals surface area contributed by atoms with Gasteiger partial charge in [-0.3, -0.25) is 4.79 Å². The molecule has 1 unspecified atom stereocenters. The van der Waals surface area contributed by atoms with E-state index in [1.807, 2.05) is 56.4 Å². The molecular weight excluding hydrogens is 260 g/mol. The van der Waals surface area contributed by atoms with Crippen molar-refractivity contribution in [2.45, 2.75) is 13.1 Å². The normalized spacial score (nSPS) is 18.2. The van der Waals surface area contributed by atoms with Crippen molar-refractivity contribution in [1.82, 2.24) is 4.90 Å². The molecule has 1 amide bonds. The minimum Gasteiger partial charge on any atom is -0.361 e. The molecule has 21 heavy (non-hydrogen) atoms. The number of nitrogens with one attached hydrogen (secondary N) is 1. The van der Waals surface area contributed by atoms with Crippen LogP contribution in [0.25, 0.3) is 6.08 Å². The van der Waals surface area contributed by atoms with E-state index in [-0.39, 0.29) is 12.1 Å². The van der Waals surface area contributed by atoms with Crippen LogP contribution in [0.2, 0.25) is 0 Å². The Morgan fingerprint density at radius 2 is 1.76 bits per heavy atom. The van der Waals surface area contributed by atoms with Crippen LogP contribution >= 0.6 is 0 Å². The number of amides is 1. The molecule has 106 valence electrons. The summed E-state index contributed by atoms with van der Waals surface area (Å²) in [6.45, 7) is 2.04. The lowest BCUT2D eigenvalue weighted by atomic mass is 10.0. The molecule has 3 rings (SSSR count). The first-order valence-electron chi connectivity index (χ1n) is 7.03. The van der Waals surface area contributed by atoms with Crippen molar-refractivity contribution in [1.29, 1.82) is 0 Å². The van der Waals surface area contributed by atoms with Gasteiger partial charge in [-0.15, -0.1) is 0 Å². The first kappa shape index (κ1) is 13.4. The molecule has 2 aromatic rings. The molecule has 1 N–H and O–H groups in total. The number of hydrogen-bond acceptors (Lipinski definition) is 2. The van der Waals surface area contributed by atoms with Crippen molar-refractivity contribution in [2.24, 2.45) is 0 Å². The fourth-order valence-corrected chi connectivity index (χ4v) is 2.66. The van der Waals surface area contributed by atoms with E-state index in [0.717, 1.165) is 22.4 Å². The summed E-state index contributed by atoms with van der Waals surface area (Å²) in [7, 11) is 1.83. The topological polar surface area (TPSA) is 32.3 Å². The zero-order valence-electron chi connectivity index (χ0n) is 12.2. The maximum Gasteiger partial charge on any atom is 0.257 e. The van der Waals surface area contributed by atoms with Gasteiger partial charge in [-0.05, 0) is 30.2 Å². The number of anilines is 1. The Balaban J connectivity index is 1.93. The quantitative estimate of drug-likeness (QED) is 0.910. The van der Waals surface area contributed by atoms with Crippen LogP contribution in [-0.2, 0) is 0 Å².